The Morgan fingerprint density at radius 2 is 1.06 bits per heavy atom. The second-order valence-electron chi connectivity index (χ2n) is 13.7. The first-order valence-electron chi connectivity index (χ1n) is 19.8. The van der Waals surface area contributed by atoms with Gasteiger partial charge in [-0.2, -0.15) is 0 Å². The van der Waals surface area contributed by atoms with E-state index >= 15 is 0 Å². The van der Waals surface area contributed by atoms with Crippen molar-refractivity contribution in [2.24, 2.45) is 11.5 Å². The van der Waals surface area contributed by atoms with Gasteiger partial charge in [0.1, 0.15) is 6.10 Å². The minimum atomic E-state index is -0.503. The molecular weight excluding hydrogens is 604 g/mol. The fourth-order valence-corrected chi connectivity index (χ4v) is 5.59. The van der Waals surface area contributed by atoms with Crippen molar-refractivity contribution in [2.45, 2.75) is 212 Å². The zero-order valence-corrected chi connectivity index (χ0v) is 31.3. The molecule has 0 amide bonds. The largest absolute Gasteiger partial charge is 0.466 e. The Bertz CT molecular complexity index is 805. The van der Waals surface area contributed by atoms with Crippen molar-refractivity contribution in [3.8, 4) is 0 Å². The van der Waals surface area contributed by atoms with E-state index in [0.29, 0.717) is 32.3 Å². The minimum absolute atomic E-state index is 0.140. The molecule has 8 nitrogen and oxygen atoms in total. The molecule has 5 atom stereocenters. The Morgan fingerprint density at radius 3 is 1.62 bits per heavy atom. The molecule has 0 aliphatic heterocycles. The van der Waals surface area contributed by atoms with Crippen LogP contribution in [0.25, 0.3) is 0 Å². The Labute approximate surface area is 294 Å². The lowest BCUT2D eigenvalue weighted by molar-refractivity contribution is -0.152. The molecular formula is C40H76N2O6. The number of unbranched alkanes of at least 4 members (excludes halogenated alkanes) is 12. The van der Waals surface area contributed by atoms with Crippen LogP contribution in [0.2, 0.25) is 0 Å². The fraction of sp³-hybridized carbons (Fsp3) is 0.850. The van der Waals surface area contributed by atoms with Gasteiger partial charge in [-0.05, 0) is 83.5 Å². The fourth-order valence-electron chi connectivity index (χ4n) is 5.59. The molecule has 0 aromatic carbocycles. The van der Waals surface area contributed by atoms with E-state index in [1.165, 1.54) is 0 Å². The summed E-state index contributed by atoms with van der Waals surface area (Å²) in [6.07, 6.45) is 29.3. The van der Waals surface area contributed by atoms with Crippen molar-refractivity contribution < 1.29 is 29.3 Å². The van der Waals surface area contributed by atoms with Gasteiger partial charge in [0.15, 0.2) is 0 Å². The lowest BCUT2D eigenvalue weighted by atomic mass is 10.0. The van der Waals surface area contributed by atoms with E-state index in [-0.39, 0.29) is 36.5 Å². The smallest absolute Gasteiger partial charge is 0.306 e. The van der Waals surface area contributed by atoms with Crippen LogP contribution in [0, 0.1) is 0 Å². The third kappa shape index (κ3) is 29.2. The second-order valence-corrected chi connectivity index (χ2v) is 13.7. The van der Waals surface area contributed by atoms with Gasteiger partial charge in [0.05, 0.1) is 18.8 Å². The first-order valence-corrected chi connectivity index (χ1v) is 19.8. The molecule has 6 N–H and O–H groups in total. The molecule has 0 radical (unpaired) electrons. The highest BCUT2D eigenvalue weighted by molar-refractivity contribution is 5.70. The zero-order chi connectivity index (χ0) is 35.7. The van der Waals surface area contributed by atoms with Crippen LogP contribution < -0.4 is 11.5 Å². The lowest BCUT2D eigenvalue weighted by Gasteiger charge is -2.18. The summed E-state index contributed by atoms with van der Waals surface area (Å²) in [4.78, 5) is 24.8. The number of rotatable bonds is 34. The van der Waals surface area contributed by atoms with Crippen molar-refractivity contribution >= 4 is 11.9 Å². The highest BCUT2D eigenvalue weighted by atomic mass is 16.5. The van der Waals surface area contributed by atoms with Crippen molar-refractivity contribution in [1.82, 2.24) is 0 Å². The maximum Gasteiger partial charge on any atom is 0.306 e. The van der Waals surface area contributed by atoms with Crippen molar-refractivity contribution in [1.29, 1.82) is 0 Å². The van der Waals surface area contributed by atoms with E-state index < -0.39 is 12.2 Å². The van der Waals surface area contributed by atoms with Crippen molar-refractivity contribution in [2.75, 3.05) is 6.61 Å². The summed E-state index contributed by atoms with van der Waals surface area (Å²) in [6.45, 7) is 6.83. The number of aliphatic hydroxyl groups excluding tert-OH is 2. The van der Waals surface area contributed by atoms with E-state index in [0.717, 1.165) is 128 Å². The molecule has 48 heavy (non-hydrogen) atoms. The average Bonchev–Trinajstić information content (AvgIpc) is 3.07. The molecule has 0 rings (SSSR count). The number of carbonyl (C=O) groups is 2. The molecule has 0 heterocycles. The number of nitrogens with two attached hydrogens (primary N) is 2. The first-order chi connectivity index (χ1) is 23.2. The molecule has 0 spiro atoms. The molecule has 0 saturated heterocycles. The normalized spacial score (nSPS) is 15.1. The molecule has 0 aliphatic carbocycles. The number of hydrogen-bond acceptors (Lipinski definition) is 8. The minimum Gasteiger partial charge on any atom is -0.466 e. The highest BCUT2D eigenvalue weighted by Crippen LogP contribution is 2.17. The van der Waals surface area contributed by atoms with Crippen LogP contribution in [0.3, 0.4) is 0 Å². The van der Waals surface area contributed by atoms with Gasteiger partial charge < -0.3 is 31.2 Å². The van der Waals surface area contributed by atoms with Crippen LogP contribution in [-0.2, 0) is 19.1 Å². The molecule has 8 heteroatoms. The van der Waals surface area contributed by atoms with Crippen LogP contribution in [0.1, 0.15) is 181 Å². The Kier molecular flexibility index (Phi) is 32.5. The SMILES string of the molecule is CCCCCC(N)C(O)CC=CCCCCCCCC(=O)OC(CCCCC=CCC(O)C(N)CCCCC)CCC(=O)OCCCC. The quantitative estimate of drug-likeness (QED) is 0.0300. The van der Waals surface area contributed by atoms with E-state index in [1.54, 1.807) is 0 Å². The summed E-state index contributed by atoms with van der Waals surface area (Å²) in [5, 5.41) is 20.5. The van der Waals surface area contributed by atoms with Gasteiger partial charge in [0.2, 0.25) is 0 Å². The Balaban J connectivity index is 4.32. The standard InChI is InChI=1S/C40H76N2O6/c1-4-7-19-26-35(41)37(43)28-22-16-12-10-11-13-18-24-30-40(46)48-34(31-32-39(45)47-33-9-6-3)25-21-15-14-17-23-29-38(44)36(42)27-20-8-5-2/h16-17,22-23,34-38,43-44H,4-15,18-21,24-33,41-42H2,1-3H3. The van der Waals surface area contributed by atoms with Gasteiger partial charge in [0, 0.05) is 24.9 Å². The molecule has 0 bridgehead atoms. The number of allylic oxidation sites excluding steroid dienone is 2. The van der Waals surface area contributed by atoms with E-state index in [9.17, 15) is 19.8 Å². The number of ether oxygens (including phenoxy) is 2. The molecule has 0 aliphatic rings. The maximum absolute atomic E-state index is 12.6. The zero-order valence-electron chi connectivity index (χ0n) is 31.3. The Morgan fingerprint density at radius 1 is 0.562 bits per heavy atom. The van der Waals surface area contributed by atoms with Gasteiger partial charge in [0.25, 0.3) is 0 Å². The summed E-state index contributed by atoms with van der Waals surface area (Å²) < 4.78 is 11.1. The van der Waals surface area contributed by atoms with E-state index in [1.807, 2.05) is 6.08 Å². The number of carbonyl (C=O) groups excluding carboxylic acids is 2. The summed E-state index contributed by atoms with van der Waals surface area (Å²) in [7, 11) is 0. The predicted octanol–water partition coefficient (Wildman–Crippen LogP) is 8.74. The third-order valence-electron chi connectivity index (χ3n) is 8.99. The molecule has 0 aromatic heterocycles. The number of esters is 2. The first kappa shape index (κ1) is 46.3. The molecule has 282 valence electrons. The summed E-state index contributed by atoms with van der Waals surface area (Å²) in [5.74, 6) is -0.409. The number of aliphatic hydroxyl groups is 2. The molecule has 0 saturated carbocycles. The number of hydrogen-bond donors (Lipinski definition) is 4. The highest BCUT2D eigenvalue weighted by Gasteiger charge is 2.17. The molecule has 5 unspecified atom stereocenters. The van der Waals surface area contributed by atoms with Crippen LogP contribution in [-0.4, -0.2) is 59.2 Å². The maximum atomic E-state index is 12.6. The average molecular weight is 681 g/mol. The van der Waals surface area contributed by atoms with E-state index in [4.69, 9.17) is 20.9 Å². The van der Waals surface area contributed by atoms with Gasteiger partial charge in [-0.25, -0.2) is 0 Å². The van der Waals surface area contributed by atoms with Crippen molar-refractivity contribution in [3.63, 3.8) is 0 Å². The van der Waals surface area contributed by atoms with Crippen LogP contribution in [0.4, 0.5) is 0 Å². The van der Waals surface area contributed by atoms with Gasteiger partial charge in [-0.3, -0.25) is 9.59 Å². The molecule has 0 fully saturated rings. The van der Waals surface area contributed by atoms with Crippen LogP contribution in [0.15, 0.2) is 24.3 Å². The van der Waals surface area contributed by atoms with Gasteiger partial charge in [-0.15, -0.1) is 0 Å². The lowest BCUT2D eigenvalue weighted by Crippen LogP contribution is -2.34. The van der Waals surface area contributed by atoms with Gasteiger partial charge >= 0.3 is 11.9 Å². The molecule has 0 aromatic rings. The summed E-state index contributed by atoms with van der Waals surface area (Å²) in [5.41, 5.74) is 12.2. The van der Waals surface area contributed by atoms with E-state index in [2.05, 4.69) is 39.0 Å². The topological polar surface area (TPSA) is 145 Å². The van der Waals surface area contributed by atoms with Gasteiger partial charge in [-0.1, -0.05) is 109 Å². The Hall–Kier alpha value is -1.74. The summed E-state index contributed by atoms with van der Waals surface area (Å²) >= 11 is 0. The van der Waals surface area contributed by atoms with Crippen LogP contribution in [0.5, 0.6) is 0 Å². The van der Waals surface area contributed by atoms with Crippen LogP contribution >= 0.6 is 0 Å². The summed E-state index contributed by atoms with van der Waals surface area (Å²) in [6, 6.07) is -0.311. The second kappa shape index (κ2) is 33.7. The third-order valence-corrected chi connectivity index (χ3v) is 8.99. The monoisotopic (exact) mass is 681 g/mol. The van der Waals surface area contributed by atoms with Crippen molar-refractivity contribution in [3.05, 3.63) is 24.3 Å². The predicted molar refractivity (Wildman–Crippen MR) is 200 cm³/mol.